The molecule has 1 fully saturated rings. The molecule has 13 heavy (non-hydrogen) atoms. The van der Waals surface area contributed by atoms with Crippen LogP contribution in [0.1, 0.15) is 18.7 Å². The van der Waals surface area contributed by atoms with Gasteiger partial charge in [0.05, 0.1) is 0 Å². The van der Waals surface area contributed by atoms with Crippen molar-refractivity contribution in [1.29, 1.82) is 0 Å². The van der Waals surface area contributed by atoms with Gasteiger partial charge in [0.15, 0.2) is 0 Å². The summed E-state index contributed by atoms with van der Waals surface area (Å²) in [7, 11) is 0. The molecular formula is C9H16N4. The Hall–Kier alpha value is -0.900. The van der Waals surface area contributed by atoms with E-state index in [9.17, 15) is 0 Å². The summed E-state index contributed by atoms with van der Waals surface area (Å²) >= 11 is 0. The van der Waals surface area contributed by atoms with Crippen LogP contribution in [0.25, 0.3) is 0 Å². The van der Waals surface area contributed by atoms with Crippen molar-refractivity contribution in [3.63, 3.8) is 0 Å². The number of nitrogens with zero attached hydrogens (tertiary/aromatic N) is 3. The van der Waals surface area contributed by atoms with Crippen molar-refractivity contribution < 1.29 is 0 Å². The Labute approximate surface area is 78.4 Å². The second-order valence-corrected chi connectivity index (χ2v) is 3.74. The molecule has 1 aromatic heterocycles. The SMILES string of the molecule is Cc1nncn1CC1CCCNC1. The molecule has 1 atom stereocenters. The van der Waals surface area contributed by atoms with Gasteiger partial charge < -0.3 is 9.88 Å². The Morgan fingerprint density at radius 1 is 1.69 bits per heavy atom. The van der Waals surface area contributed by atoms with Crippen LogP contribution in [0.2, 0.25) is 0 Å². The number of nitrogens with one attached hydrogen (secondary N) is 1. The van der Waals surface area contributed by atoms with Crippen LogP contribution in [0, 0.1) is 12.8 Å². The first-order chi connectivity index (χ1) is 6.36. The summed E-state index contributed by atoms with van der Waals surface area (Å²) in [5.74, 6) is 1.77. The molecule has 1 unspecified atom stereocenters. The summed E-state index contributed by atoms with van der Waals surface area (Å²) < 4.78 is 2.14. The van der Waals surface area contributed by atoms with Crippen LogP contribution in [-0.4, -0.2) is 27.9 Å². The number of aryl methyl sites for hydroxylation is 1. The second kappa shape index (κ2) is 3.87. The Kier molecular flexibility index (Phi) is 2.59. The number of rotatable bonds is 2. The molecule has 4 nitrogen and oxygen atoms in total. The van der Waals surface area contributed by atoms with Gasteiger partial charge in [-0.25, -0.2) is 0 Å². The van der Waals surface area contributed by atoms with Gasteiger partial charge in [-0.3, -0.25) is 0 Å². The molecule has 4 heteroatoms. The monoisotopic (exact) mass is 180 g/mol. The van der Waals surface area contributed by atoms with Gasteiger partial charge in [0.1, 0.15) is 12.2 Å². The maximum atomic E-state index is 3.97. The van der Waals surface area contributed by atoms with Gasteiger partial charge in [0, 0.05) is 6.54 Å². The van der Waals surface area contributed by atoms with Crippen molar-refractivity contribution in [3.8, 4) is 0 Å². The zero-order chi connectivity index (χ0) is 9.10. The molecule has 0 aliphatic carbocycles. The van der Waals surface area contributed by atoms with E-state index in [2.05, 4.69) is 20.1 Å². The van der Waals surface area contributed by atoms with Crippen molar-refractivity contribution in [3.05, 3.63) is 12.2 Å². The van der Waals surface area contributed by atoms with Crippen LogP contribution in [-0.2, 0) is 6.54 Å². The van der Waals surface area contributed by atoms with Crippen molar-refractivity contribution in [2.45, 2.75) is 26.3 Å². The molecule has 0 radical (unpaired) electrons. The molecule has 2 heterocycles. The number of hydrogen-bond acceptors (Lipinski definition) is 3. The maximum absolute atomic E-state index is 3.97. The van der Waals surface area contributed by atoms with E-state index in [1.54, 1.807) is 0 Å². The lowest BCUT2D eigenvalue weighted by Gasteiger charge is -2.23. The minimum atomic E-state index is 0.753. The molecule has 0 aromatic carbocycles. The fourth-order valence-electron chi connectivity index (χ4n) is 1.85. The highest BCUT2D eigenvalue weighted by atomic mass is 15.3. The lowest BCUT2D eigenvalue weighted by molar-refractivity contribution is 0.334. The van der Waals surface area contributed by atoms with E-state index in [1.165, 1.54) is 19.4 Å². The third-order valence-corrected chi connectivity index (χ3v) is 2.66. The third kappa shape index (κ3) is 2.06. The number of piperidine rings is 1. The zero-order valence-corrected chi connectivity index (χ0v) is 8.03. The van der Waals surface area contributed by atoms with E-state index < -0.39 is 0 Å². The Morgan fingerprint density at radius 3 is 3.23 bits per heavy atom. The molecule has 1 aliphatic heterocycles. The van der Waals surface area contributed by atoms with Crippen molar-refractivity contribution >= 4 is 0 Å². The number of aromatic nitrogens is 3. The molecule has 1 aromatic rings. The maximum Gasteiger partial charge on any atom is 0.129 e. The predicted octanol–water partition coefficient (Wildman–Crippen LogP) is 0.586. The van der Waals surface area contributed by atoms with E-state index in [4.69, 9.17) is 0 Å². The molecule has 2 rings (SSSR count). The van der Waals surface area contributed by atoms with Crippen LogP contribution in [0.15, 0.2) is 6.33 Å². The van der Waals surface area contributed by atoms with Crippen LogP contribution in [0.3, 0.4) is 0 Å². The fraction of sp³-hybridized carbons (Fsp3) is 0.778. The topological polar surface area (TPSA) is 42.7 Å². The van der Waals surface area contributed by atoms with Crippen molar-refractivity contribution in [1.82, 2.24) is 20.1 Å². The summed E-state index contributed by atoms with van der Waals surface area (Å²) in [6.45, 7) is 5.38. The minimum absolute atomic E-state index is 0.753. The molecule has 0 amide bonds. The van der Waals surface area contributed by atoms with Crippen LogP contribution in [0.4, 0.5) is 0 Å². The quantitative estimate of drug-likeness (QED) is 0.724. The van der Waals surface area contributed by atoms with Crippen LogP contribution >= 0.6 is 0 Å². The summed E-state index contributed by atoms with van der Waals surface area (Å²) in [4.78, 5) is 0. The van der Waals surface area contributed by atoms with Gasteiger partial charge in [-0.2, -0.15) is 0 Å². The largest absolute Gasteiger partial charge is 0.318 e. The van der Waals surface area contributed by atoms with Gasteiger partial charge in [0.25, 0.3) is 0 Å². The first-order valence-electron chi connectivity index (χ1n) is 4.91. The Bertz CT molecular complexity index is 262. The average Bonchev–Trinajstić information content (AvgIpc) is 2.54. The summed E-state index contributed by atoms with van der Waals surface area (Å²) in [6, 6.07) is 0. The normalized spacial score (nSPS) is 23.3. The lowest BCUT2D eigenvalue weighted by Crippen LogP contribution is -2.32. The highest BCUT2D eigenvalue weighted by Crippen LogP contribution is 2.12. The van der Waals surface area contributed by atoms with E-state index in [1.807, 2.05) is 13.3 Å². The Morgan fingerprint density at radius 2 is 2.62 bits per heavy atom. The first-order valence-corrected chi connectivity index (χ1v) is 4.91. The molecule has 0 spiro atoms. The van der Waals surface area contributed by atoms with Crippen LogP contribution < -0.4 is 5.32 Å². The molecule has 1 saturated heterocycles. The van der Waals surface area contributed by atoms with Gasteiger partial charge in [-0.1, -0.05) is 0 Å². The van der Waals surface area contributed by atoms with Gasteiger partial charge >= 0.3 is 0 Å². The highest BCUT2D eigenvalue weighted by Gasteiger charge is 2.13. The molecule has 0 saturated carbocycles. The third-order valence-electron chi connectivity index (χ3n) is 2.66. The van der Waals surface area contributed by atoms with Gasteiger partial charge in [0.2, 0.25) is 0 Å². The molecule has 0 bridgehead atoms. The average molecular weight is 180 g/mol. The molecule has 1 N–H and O–H groups in total. The van der Waals surface area contributed by atoms with E-state index in [0.717, 1.165) is 24.8 Å². The number of hydrogen-bond donors (Lipinski definition) is 1. The summed E-state index contributed by atoms with van der Waals surface area (Å²) in [5, 5.41) is 11.3. The summed E-state index contributed by atoms with van der Waals surface area (Å²) in [6.07, 6.45) is 4.44. The smallest absolute Gasteiger partial charge is 0.129 e. The lowest BCUT2D eigenvalue weighted by atomic mass is 10.00. The standard InChI is InChI=1S/C9H16N4/c1-8-12-11-7-13(8)6-9-3-2-4-10-5-9/h7,9-10H,2-6H2,1H3. The molecule has 1 aliphatic rings. The first kappa shape index (κ1) is 8.69. The fourth-order valence-corrected chi connectivity index (χ4v) is 1.85. The second-order valence-electron chi connectivity index (χ2n) is 3.74. The summed E-state index contributed by atoms with van der Waals surface area (Å²) in [5.41, 5.74) is 0. The van der Waals surface area contributed by atoms with Crippen LogP contribution in [0.5, 0.6) is 0 Å². The highest BCUT2D eigenvalue weighted by molar-refractivity contribution is 4.82. The Balaban J connectivity index is 1.93. The molecule has 72 valence electrons. The van der Waals surface area contributed by atoms with E-state index >= 15 is 0 Å². The van der Waals surface area contributed by atoms with Crippen molar-refractivity contribution in [2.75, 3.05) is 13.1 Å². The van der Waals surface area contributed by atoms with Gasteiger partial charge in [-0.15, -0.1) is 10.2 Å². The van der Waals surface area contributed by atoms with E-state index in [0.29, 0.717) is 0 Å². The minimum Gasteiger partial charge on any atom is -0.318 e. The van der Waals surface area contributed by atoms with Gasteiger partial charge in [-0.05, 0) is 38.8 Å². The predicted molar refractivity (Wildman–Crippen MR) is 50.4 cm³/mol. The zero-order valence-electron chi connectivity index (χ0n) is 8.03. The molecular weight excluding hydrogens is 164 g/mol. The van der Waals surface area contributed by atoms with Crippen molar-refractivity contribution in [2.24, 2.45) is 5.92 Å². The van der Waals surface area contributed by atoms with E-state index in [-0.39, 0.29) is 0 Å².